The van der Waals surface area contributed by atoms with Gasteiger partial charge in [-0.15, -0.1) is 0 Å². The van der Waals surface area contributed by atoms with Crippen LogP contribution in [-0.4, -0.2) is 26.4 Å². The highest BCUT2D eigenvalue weighted by Crippen LogP contribution is 2.27. The maximum Gasteiger partial charge on any atom is 0.313 e. The molecule has 1 heterocycles. The maximum atomic E-state index is 12.9. The van der Waals surface area contributed by atoms with Crippen LogP contribution < -0.4 is 5.56 Å². The van der Waals surface area contributed by atoms with Crippen LogP contribution in [0.4, 0.5) is 0 Å². The van der Waals surface area contributed by atoms with Crippen molar-refractivity contribution < 1.29 is 9.90 Å². The lowest BCUT2D eigenvalue weighted by Gasteiger charge is -2.23. The Morgan fingerprint density at radius 2 is 2.08 bits per heavy atom. The first-order valence-corrected chi connectivity index (χ1v) is 9.45. The second-order valence-electron chi connectivity index (χ2n) is 6.16. The quantitative estimate of drug-likeness (QED) is 0.643. The van der Waals surface area contributed by atoms with E-state index in [0.29, 0.717) is 33.5 Å². The lowest BCUT2D eigenvalue weighted by atomic mass is 9.89. The molecule has 0 bridgehead atoms. The highest BCUT2D eigenvalue weighted by Gasteiger charge is 2.19. The third kappa shape index (κ3) is 3.92. The summed E-state index contributed by atoms with van der Waals surface area (Å²) in [5, 5.41) is 10.4. The lowest BCUT2D eigenvalue weighted by Crippen LogP contribution is -2.28. The summed E-state index contributed by atoms with van der Waals surface area (Å²) in [6.45, 7) is 0.593. The number of benzene rings is 1. The van der Waals surface area contributed by atoms with Crippen molar-refractivity contribution in [2.45, 2.75) is 43.8 Å². The van der Waals surface area contributed by atoms with Crippen molar-refractivity contribution in [3.63, 3.8) is 0 Å². The Hall–Kier alpha value is -1.53. The fourth-order valence-electron chi connectivity index (χ4n) is 3.20. The summed E-state index contributed by atoms with van der Waals surface area (Å²) in [6, 6.07) is 5.03. The van der Waals surface area contributed by atoms with Gasteiger partial charge in [0.25, 0.3) is 5.56 Å². The molecule has 0 unspecified atom stereocenters. The van der Waals surface area contributed by atoms with Crippen LogP contribution in [0.2, 0.25) is 5.02 Å². The van der Waals surface area contributed by atoms with Crippen molar-refractivity contribution in [1.82, 2.24) is 9.55 Å². The van der Waals surface area contributed by atoms with Crippen LogP contribution >= 0.6 is 23.4 Å². The van der Waals surface area contributed by atoms with E-state index in [1.807, 2.05) is 0 Å². The molecule has 2 aromatic rings. The minimum atomic E-state index is -0.922. The molecule has 0 radical (unpaired) electrons. The number of rotatable bonds is 5. The van der Waals surface area contributed by atoms with E-state index in [4.69, 9.17) is 16.7 Å². The van der Waals surface area contributed by atoms with Crippen LogP contribution in [0, 0.1) is 5.92 Å². The number of fused-ring (bicyclic) bond motifs is 1. The number of aromatic nitrogens is 2. The van der Waals surface area contributed by atoms with E-state index in [2.05, 4.69) is 4.98 Å². The van der Waals surface area contributed by atoms with Gasteiger partial charge in [-0.1, -0.05) is 42.6 Å². The SMILES string of the molecule is O=C(O)CSc1nc2ccc(Cl)cc2c(=O)n1CC1CCCCC1. The minimum Gasteiger partial charge on any atom is -0.481 e. The highest BCUT2D eigenvalue weighted by atomic mass is 35.5. The van der Waals surface area contributed by atoms with Gasteiger partial charge in [0.2, 0.25) is 0 Å². The van der Waals surface area contributed by atoms with Crippen molar-refractivity contribution in [3.05, 3.63) is 33.6 Å². The Morgan fingerprint density at radius 3 is 2.79 bits per heavy atom. The van der Waals surface area contributed by atoms with Crippen LogP contribution in [0.15, 0.2) is 28.2 Å². The molecule has 3 rings (SSSR count). The van der Waals surface area contributed by atoms with Crippen molar-refractivity contribution in [2.24, 2.45) is 5.92 Å². The van der Waals surface area contributed by atoms with Gasteiger partial charge < -0.3 is 5.11 Å². The van der Waals surface area contributed by atoms with Crippen LogP contribution in [0.3, 0.4) is 0 Å². The molecule has 0 amide bonds. The molecule has 24 heavy (non-hydrogen) atoms. The van der Waals surface area contributed by atoms with Crippen molar-refractivity contribution in [2.75, 3.05) is 5.75 Å². The molecule has 1 aromatic heterocycles. The van der Waals surface area contributed by atoms with Gasteiger partial charge in [-0.3, -0.25) is 14.2 Å². The highest BCUT2D eigenvalue weighted by molar-refractivity contribution is 7.99. The number of nitrogens with zero attached hydrogens (tertiary/aromatic N) is 2. The molecule has 1 saturated carbocycles. The Bertz CT molecular complexity index is 815. The normalized spacial score (nSPS) is 15.7. The molecule has 5 nitrogen and oxygen atoms in total. The molecule has 128 valence electrons. The zero-order chi connectivity index (χ0) is 17.1. The summed E-state index contributed by atoms with van der Waals surface area (Å²) in [7, 11) is 0. The van der Waals surface area contributed by atoms with Gasteiger partial charge >= 0.3 is 5.97 Å². The van der Waals surface area contributed by atoms with Crippen LogP contribution in [0.5, 0.6) is 0 Å². The Labute approximate surface area is 149 Å². The summed E-state index contributed by atoms with van der Waals surface area (Å²) in [6.07, 6.45) is 5.82. The first-order chi connectivity index (χ1) is 11.5. The number of hydrogen-bond acceptors (Lipinski definition) is 4. The zero-order valence-electron chi connectivity index (χ0n) is 13.2. The van der Waals surface area contributed by atoms with Crippen LogP contribution in [0.25, 0.3) is 10.9 Å². The molecule has 1 N–H and O–H groups in total. The van der Waals surface area contributed by atoms with Gasteiger partial charge in [0.1, 0.15) is 0 Å². The standard InChI is InChI=1S/C17H19ClN2O3S/c18-12-6-7-14-13(8-12)16(23)20(9-11-4-2-1-3-5-11)17(19-14)24-10-15(21)22/h6-8,11H,1-5,9-10H2,(H,21,22). The van der Waals surface area contributed by atoms with Gasteiger partial charge in [-0.2, -0.15) is 0 Å². The van der Waals surface area contributed by atoms with Crippen molar-refractivity contribution >= 4 is 40.2 Å². The van der Waals surface area contributed by atoms with E-state index in [1.54, 1.807) is 22.8 Å². The van der Waals surface area contributed by atoms with Gasteiger partial charge in [0.15, 0.2) is 5.16 Å². The number of carboxylic acids is 1. The van der Waals surface area contributed by atoms with Gasteiger partial charge in [-0.25, -0.2) is 4.98 Å². The third-order valence-electron chi connectivity index (χ3n) is 4.37. The summed E-state index contributed by atoms with van der Waals surface area (Å²) >= 11 is 7.11. The molecule has 1 aromatic carbocycles. The summed E-state index contributed by atoms with van der Waals surface area (Å²) < 4.78 is 1.64. The number of aliphatic carboxylic acids is 1. The van der Waals surface area contributed by atoms with Gasteiger partial charge in [-0.05, 0) is 37.0 Å². The average molecular weight is 367 g/mol. The molecular weight excluding hydrogens is 348 g/mol. The van der Waals surface area contributed by atoms with E-state index in [9.17, 15) is 9.59 Å². The molecule has 0 aliphatic heterocycles. The largest absolute Gasteiger partial charge is 0.481 e. The first kappa shape index (κ1) is 17.3. The van der Waals surface area contributed by atoms with Crippen LogP contribution in [-0.2, 0) is 11.3 Å². The topological polar surface area (TPSA) is 72.2 Å². The van der Waals surface area contributed by atoms with E-state index in [0.717, 1.165) is 24.6 Å². The number of hydrogen-bond donors (Lipinski definition) is 1. The lowest BCUT2D eigenvalue weighted by molar-refractivity contribution is -0.133. The summed E-state index contributed by atoms with van der Waals surface area (Å²) in [4.78, 5) is 28.4. The molecule has 1 aliphatic carbocycles. The van der Waals surface area contributed by atoms with Gasteiger partial charge in [0.05, 0.1) is 16.7 Å². The second kappa shape index (κ2) is 7.57. The number of carbonyl (C=O) groups is 1. The van der Waals surface area contributed by atoms with E-state index in [1.165, 1.54) is 19.3 Å². The van der Waals surface area contributed by atoms with Crippen molar-refractivity contribution in [3.8, 4) is 0 Å². The van der Waals surface area contributed by atoms with Gasteiger partial charge in [0, 0.05) is 11.6 Å². The number of thioether (sulfide) groups is 1. The number of carboxylic acid groups (broad SMARTS) is 1. The average Bonchev–Trinajstić information content (AvgIpc) is 2.57. The molecule has 0 spiro atoms. The monoisotopic (exact) mass is 366 g/mol. The Morgan fingerprint density at radius 1 is 1.33 bits per heavy atom. The van der Waals surface area contributed by atoms with E-state index < -0.39 is 5.97 Å². The molecule has 0 saturated heterocycles. The Balaban J connectivity index is 2.03. The van der Waals surface area contributed by atoms with Crippen LogP contribution in [0.1, 0.15) is 32.1 Å². The first-order valence-electron chi connectivity index (χ1n) is 8.09. The smallest absolute Gasteiger partial charge is 0.313 e. The molecule has 7 heteroatoms. The van der Waals surface area contributed by atoms with E-state index in [-0.39, 0.29) is 11.3 Å². The van der Waals surface area contributed by atoms with E-state index >= 15 is 0 Å². The summed E-state index contributed by atoms with van der Waals surface area (Å²) in [5.41, 5.74) is 0.415. The zero-order valence-corrected chi connectivity index (χ0v) is 14.8. The fraction of sp³-hybridized carbons (Fsp3) is 0.471. The van der Waals surface area contributed by atoms with Crippen molar-refractivity contribution in [1.29, 1.82) is 0 Å². The predicted molar refractivity (Wildman–Crippen MR) is 95.9 cm³/mol. The Kier molecular flexibility index (Phi) is 5.46. The fourth-order valence-corrected chi connectivity index (χ4v) is 4.10. The maximum absolute atomic E-state index is 12.9. The minimum absolute atomic E-state index is 0.115. The molecule has 0 atom stereocenters. The molecule has 1 fully saturated rings. The molecule has 1 aliphatic rings. The summed E-state index contributed by atoms with van der Waals surface area (Å²) in [5.74, 6) is -0.593. The third-order valence-corrected chi connectivity index (χ3v) is 5.57. The number of halogens is 1. The second-order valence-corrected chi connectivity index (χ2v) is 7.54. The molecular formula is C17H19ClN2O3S. The predicted octanol–water partition coefficient (Wildman–Crippen LogP) is 3.81.